The van der Waals surface area contributed by atoms with Gasteiger partial charge in [-0.3, -0.25) is 9.78 Å². The van der Waals surface area contributed by atoms with Crippen molar-refractivity contribution in [3.8, 4) is 0 Å². The summed E-state index contributed by atoms with van der Waals surface area (Å²) < 4.78 is 0.755. The SMILES string of the molecule is Cc1nc(Br)ccc1NC(=O)Cc1cccnc1. The van der Waals surface area contributed by atoms with E-state index >= 15 is 0 Å². The summed E-state index contributed by atoms with van der Waals surface area (Å²) >= 11 is 3.28. The number of carbonyl (C=O) groups excluding carboxylic acids is 1. The molecule has 0 spiro atoms. The molecule has 0 fully saturated rings. The van der Waals surface area contributed by atoms with Gasteiger partial charge in [0, 0.05) is 12.4 Å². The van der Waals surface area contributed by atoms with Crippen molar-refractivity contribution in [3.63, 3.8) is 0 Å². The third-order valence-corrected chi connectivity index (χ3v) is 2.86. The maximum Gasteiger partial charge on any atom is 0.228 e. The van der Waals surface area contributed by atoms with E-state index in [9.17, 15) is 4.79 Å². The zero-order valence-corrected chi connectivity index (χ0v) is 11.4. The Hall–Kier alpha value is -1.75. The fraction of sp³-hybridized carbons (Fsp3) is 0.154. The van der Waals surface area contributed by atoms with Crippen LogP contribution in [0.4, 0.5) is 5.69 Å². The number of amides is 1. The third-order valence-electron chi connectivity index (χ3n) is 2.41. The molecule has 2 rings (SSSR count). The highest BCUT2D eigenvalue weighted by molar-refractivity contribution is 9.10. The van der Waals surface area contributed by atoms with E-state index in [1.165, 1.54) is 0 Å². The molecule has 18 heavy (non-hydrogen) atoms. The summed E-state index contributed by atoms with van der Waals surface area (Å²) in [7, 11) is 0. The first-order valence-corrected chi connectivity index (χ1v) is 6.26. The molecule has 0 saturated carbocycles. The smallest absolute Gasteiger partial charge is 0.228 e. The summed E-state index contributed by atoms with van der Waals surface area (Å²) in [5.41, 5.74) is 2.40. The summed E-state index contributed by atoms with van der Waals surface area (Å²) in [6, 6.07) is 7.31. The zero-order chi connectivity index (χ0) is 13.0. The third kappa shape index (κ3) is 3.37. The van der Waals surface area contributed by atoms with Gasteiger partial charge in [0.1, 0.15) is 4.60 Å². The summed E-state index contributed by atoms with van der Waals surface area (Å²) in [4.78, 5) is 20.0. The lowest BCUT2D eigenvalue weighted by Gasteiger charge is -2.07. The van der Waals surface area contributed by atoms with E-state index < -0.39 is 0 Å². The molecular weight excluding hydrogens is 294 g/mol. The molecule has 2 aromatic heterocycles. The summed E-state index contributed by atoms with van der Waals surface area (Å²) in [6.45, 7) is 1.85. The highest BCUT2D eigenvalue weighted by Gasteiger charge is 2.06. The molecule has 0 saturated heterocycles. The molecule has 2 heterocycles. The van der Waals surface area contributed by atoms with Crippen LogP contribution in [0.25, 0.3) is 0 Å². The van der Waals surface area contributed by atoms with Crippen molar-refractivity contribution in [2.24, 2.45) is 0 Å². The lowest BCUT2D eigenvalue weighted by molar-refractivity contribution is -0.115. The molecule has 4 nitrogen and oxygen atoms in total. The van der Waals surface area contributed by atoms with E-state index in [4.69, 9.17) is 0 Å². The second kappa shape index (κ2) is 5.73. The van der Waals surface area contributed by atoms with Crippen LogP contribution in [-0.2, 0) is 11.2 Å². The van der Waals surface area contributed by atoms with Crippen LogP contribution >= 0.6 is 15.9 Å². The maximum atomic E-state index is 11.8. The van der Waals surface area contributed by atoms with Crippen molar-refractivity contribution in [1.82, 2.24) is 9.97 Å². The molecule has 0 bridgehead atoms. The number of nitrogens with zero attached hydrogens (tertiary/aromatic N) is 2. The minimum atomic E-state index is -0.0739. The van der Waals surface area contributed by atoms with Crippen molar-refractivity contribution < 1.29 is 4.79 Å². The van der Waals surface area contributed by atoms with Gasteiger partial charge < -0.3 is 5.32 Å². The lowest BCUT2D eigenvalue weighted by Crippen LogP contribution is -2.15. The molecule has 92 valence electrons. The fourth-order valence-electron chi connectivity index (χ4n) is 1.55. The Bertz CT molecular complexity index is 557. The predicted molar refractivity (Wildman–Crippen MR) is 73.2 cm³/mol. The van der Waals surface area contributed by atoms with Gasteiger partial charge in [0.2, 0.25) is 5.91 Å². The van der Waals surface area contributed by atoms with Gasteiger partial charge in [-0.25, -0.2) is 4.98 Å². The van der Waals surface area contributed by atoms with E-state index in [1.807, 2.05) is 25.1 Å². The van der Waals surface area contributed by atoms with Crippen LogP contribution in [0.2, 0.25) is 0 Å². The zero-order valence-electron chi connectivity index (χ0n) is 9.85. The van der Waals surface area contributed by atoms with Gasteiger partial charge in [0.25, 0.3) is 0 Å². The molecule has 0 aliphatic carbocycles. The quantitative estimate of drug-likeness (QED) is 0.887. The number of hydrogen-bond donors (Lipinski definition) is 1. The predicted octanol–water partition coefficient (Wildman–Crippen LogP) is 2.73. The van der Waals surface area contributed by atoms with Gasteiger partial charge in [-0.15, -0.1) is 0 Å². The van der Waals surface area contributed by atoms with E-state index in [-0.39, 0.29) is 5.91 Å². The maximum absolute atomic E-state index is 11.8. The highest BCUT2D eigenvalue weighted by atomic mass is 79.9. The van der Waals surface area contributed by atoms with Gasteiger partial charge in [0.15, 0.2) is 0 Å². The number of rotatable bonds is 3. The first kappa shape index (κ1) is 12.7. The fourth-order valence-corrected chi connectivity index (χ4v) is 1.94. The summed E-state index contributed by atoms with van der Waals surface area (Å²) in [5.74, 6) is -0.0739. The molecule has 5 heteroatoms. The monoisotopic (exact) mass is 305 g/mol. The number of pyridine rings is 2. The largest absolute Gasteiger partial charge is 0.324 e. The molecule has 0 aliphatic rings. The first-order valence-electron chi connectivity index (χ1n) is 5.47. The number of halogens is 1. The Balaban J connectivity index is 2.03. The summed E-state index contributed by atoms with van der Waals surface area (Å²) in [5, 5.41) is 2.84. The lowest BCUT2D eigenvalue weighted by atomic mass is 10.2. The topological polar surface area (TPSA) is 54.9 Å². The number of hydrogen-bond acceptors (Lipinski definition) is 3. The minimum Gasteiger partial charge on any atom is -0.324 e. The minimum absolute atomic E-state index is 0.0739. The van der Waals surface area contributed by atoms with Gasteiger partial charge in [-0.05, 0) is 46.6 Å². The Morgan fingerprint density at radius 2 is 2.22 bits per heavy atom. The van der Waals surface area contributed by atoms with E-state index in [0.29, 0.717) is 6.42 Å². The Kier molecular flexibility index (Phi) is 4.04. The van der Waals surface area contributed by atoms with Crippen molar-refractivity contribution in [2.75, 3.05) is 5.32 Å². The number of aryl methyl sites for hydroxylation is 1. The normalized spacial score (nSPS) is 10.1. The van der Waals surface area contributed by atoms with Gasteiger partial charge >= 0.3 is 0 Å². The van der Waals surface area contributed by atoms with Crippen LogP contribution in [0.15, 0.2) is 41.3 Å². The van der Waals surface area contributed by atoms with Crippen LogP contribution in [0.5, 0.6) is 0 Å². The van der Waals surface area contributed by atoms with Crippen LogP contribution in [-0.4, -0.2) is 15.9 Å². The van der Waals surface area contributed by atoms with Crippen LogP contribution in [0.3, 0.4) is 0 Å². The number of carbonyl (C=O) groups is 1. The molecule has 0 unspecified atom stereocenters. The van der Waals surface area contributed by atoms with Crippen molar-refractivity contribution in [2.45, 2.75) is 13.3 Å². The number of aromatic nitrogens is 2. The van der Waals surface area contributed by atoms with E-state index in [2.05, 4.69) is 31.2 Å². The van der Waals surface area contributed by atoms with E-state index in [0.717, 1.165) is 21.5 Å². The van der Waals surface area contributed by atoms with Gasteiger partial charge in [-0.2, -0.15) is 0 Å². The average Bonchev–Trinajstić information content (AvgIpc) is 2.34. The Morgan fingerprint density at radius 1 is 1.39 bits per heavy atom. The van der Waals surface area contributed by atoms with Crippen molar-refractivity contribution in [1.29, 1.82) is 0 Å². The van der Waals surface area contributed by atoms with E-state index in [1.54, 1.807) is 18.5 Å². The molecule has 1 N–H and O–H groups in total. The second-order valence-electron chi connectivity index (χ2n) is 3.85. The molecule has 0 atom stereocenters. The molecule has 0 radical (unpaired) electrons. The molecular formula is C13H12BrN3O. The average molecular weight is 306 g/mol. The standard InChI is InChI=1S/C13H12BrN3O/c1-9-11(4-5-12(14)16-9)17-13(18)7-10-3-2-6-15-8-10/h2-6,8H,7H2,1H3,(H,17,18). The van der Waals surface area contributed by atoms with Crippen molar-refractivity contribution in [3.05, 3.63) is 52.5 Å². The van der Waals surface area contributed by atoms with Crippen LogP contribution in [0, 0.1) is 6.92 Å². The van der Waals surface area contributed by atoms with Gasteiger partial charge in [0.05, 0.1) is 17.8 Å². The highest BCUT2D eigenvalue weighted by Crippen LogP contribution is 2.16. The Labute approximate surface area is 114 Å². The molecule has 0 aromatic carbocycles. The van der Waals surface area contributed by atoms with Gasteiger partial charge in [-0.1, -0.05) is 6.07 Å². The number of nitrogens with one attached hydrogen (secondary N) is 1. The molecule has 2 aromatic rings. The van der Waals surface area contributed by atoms with Crippen LogP contribution < -0.4 is 5.32 Å². The summed E-state index contributed by atoms with van der Waals surface area (Å²) in [6.07, 6.45) is 3.68. The Morgan fingerprint density at radius 3 is 2.89 bits per heavy atom. The molecule has 0 aliphatic heterocycles. The van der Waals surface area contributed by atoms with Crippen LogP contribution in [0.1, 0.15) is 11.3 Å². The first-order chi connectivity index (χ1) is 8.65. The molecule has 1 amide bonds. The second-order valence-corrected chi connectivity index (χ2v) is 4.67. The number of anilines is 1. The van der Waals surface area contributed by atoms with Crippen molar-refractivity contribution >= 4 is 27.5 Å².